The lowest BCUT2D eigenvalue weighted by Gasteiger charge is -2.26. The van der Waals surface area contributed by atoms with Gasteiger partial charge in [0.2, 0.25) is 0 Å². The minimum absolute atomic E-state index is 0.00261. The van der Waals surface area contributed by atoms with Crippen molar-refractivity contribution < 1.29 is 0 Å². The molecule has 0 amide bonds. The molecule has 0 aliphatic rings. The van der Waals surface area contributed by atoms with Crippen molar-refractivity contribution in [3.05, 3.63) is 17.3 Å². The monoisotopic (exact) mass is 298 g/mol. The van der Waals surface area contributed by atoms with Crippen molar-refractivity contribution in [2.75, 3.05) is 43.9 Å². The Labute approximate surface area is 128 Å². The first-order valence-corrected chi connectivity index (χ1v) is 7.44. The number of pyridine rings is 1. The molecule has 0 fully saturated rings. The van der Waals surface area contributed by atoms with Gasteiger partial charge in [-0.1, -0.05) is 11.6 Å². The maximum absolute atomic E-state index is 6.15. The molecule has 0 spiro atoms. The van der Waals surface area contributed by atoms with Crippen molar-refractivity contribution in [1.82, 2.24) is 9.88 Å². The van der Waals surface area contributed by atoms with Gasteiger partial charge in [0, 0.05) is 36.9 Å². The summed E-state index contributed by atoms with van der Waals surface area (Å²) in [5, 5.41) is 3.97. The van der Waals surface area contributed by atoms with Crippen LogP contribution in [0.3, 0.4) is 0 Å². The van der Waals surface area contributed by atoms with Crippen LogP contribution >= 0.6 is 11.6 Å². The molecule has 0 unspecified atom stereocenters. The predicted octanol–water partition coefficient (Wildman–Crippen LogP) is 3.33. The summed E-state index contributed by atoms with van der Waals surface area (Å²) in [4.78, 5) is 8.85. The first-order chi connectivity index (χ1) is 9.21. The van der Waals surface area contributed by atoms with Crippen LogP contribution in [0.2, 0.25) is 5.15 Å². The summed E-state index contributed by atoms with van der Waals surface area (Å²) in [6.45, 7) is 11.4. The highest BCUT2D eigenvalue weighted by molar-refractivity contribution is 6.29. The smallest absolute Gasteiger partial charge is 0.133 e. The van der Waals surface area contributed by atoms with Crippen LogP contribution in [0.5, 0.6) is 0 Å². The summed E-state index contributed by atoms with van der Waals surface area (Å²) in [6.07, 6.45) is 0. The SMILES string of the molecule is CCN(CCN(C)C)c1cc(NC(C)(C)C)cc(Cl)n1. The highest BCUT2D eigenvalue weighted by atomic mass is 35.5. The van der Waals surface area contributed by atoms with E-state index >= 15 is 0 Å². The highest BCUT2D eigenvalue weighted by Gasteiger charge is 2.13. The molecule has 0 aliphatic carbocycles. The van der Waals surface area contributed by atoms with Crippen molar-refractivity contribution in [3.63, 3.8) is 0 Å². The van der Waals surface area contributed by atoms with E-state index in [0.717, 1.165) is 31.1 Å². The van der Waals surface area contributed by atoms with Gasteiger partial charge in [0.1, 0.15) is 11.0 Å². The Morgan fingerprint density at radius 3 is 2.35 bits per heavy atom. The fourth-order valence-electron chi connectivity index (χ4n) is 1.91. The van der Waals surface area contributed by atoms with Crippen LogP contribution < -0.4 is 10.2 Å². The second-order valence-corrected chi connectivity index (χ2v) is 6.68. The molecule has 20 heavy (non-hydrogen) atoms. The molecule has 0 saturated heterocycles. The molecule has 1 N–H and O–H groups in total. The maximum Gasteiger partial charge on any atom is 0.133 e. The third-order valence-electron chi connectivity index (χ3n) is 2.82. The van der Waals surface area contributed by atoms with Gasteiger partial charge in [-0.05, 0) is 47.9 Å². The molecular weight excluding hydrogens is 272 g/mol. The lowest BCUT2D eigenvalue weighted by Crippen LogP contribution is -2.32. The number of nitrogens with zero attached hydrogens (tertiary/aromatic N) is 3. The molecule has 5 heteroatoms. The quantitative estimate of drug-likeness (QED) is 0.816. The first kappa shape index (κ1) is 17.1. The van der Waals surface area contributed by atoms with Gasteiger partial charge in [0.05, 0.1) is 0 Å². The van der Waals surface area contributed by atoms with Crippen molar-refractivity contribution >= 4 is 23.1 Å². The molecule has 4 nitrogen and oxygen atoms in total. The van der Waals surface area contributed by atoms with E-state index in [1.54, 1.807) is 0 Å². The number of hydrogen-bond acceptors (Lipinski definition) is 4. The maximum atomic E-state index is 6.15. The van der Waals surface area contributed by atoms with Gasteiger partial charge in [0.25, 0.3) is 0 Å². The molecule has 0 aromatic carbocycles. The third-order valence-corrected chi connectivity index (χ3v) is 3.02. The molecule has 1 aromatic rings. The zero-order valence-electron chi connectivity index (χ0n) is 13.5. The molecule has 114 valence electrons. The van der Waals surface area contributed by atoms with Crippen LogP contribution in [-0.2, 0) is 0 Å². The number of rotatable bonds is 6. The lowest BCUT2D eigenvalue weighted by molar-refractivity contribution is 0.413. The Morgan fingerprint density at radius 1 is 1.20 bits per heavy atom. The van der Waals surface area contributed by atoms with Gasteiger partial charge < -0.3 is 15.1 Å². The van der Waals surface area contributed by atoms with Gasteiger partial charge in [-0.3, -0.25) is 0 Å². The van der Waals surface area contributed by atoms with E-state index in [1.807, 2.05) is 6.07 Å². The number of hydrogen-bond donors (Lipinski definition) is 1. The van der Waals surface area contributed by atoms with Crippen LogP contribution in [0, 0.1) is 0 Å². The standard InChI is InChI=1S/C15H27ClN4/c1-7-20(9-8-19(5)6)14-11-12(10-13(16)17-14)18-15(2,3)4/h10-11H,7-9H2,1-6H3,(H,17,18). The minimum atomic E-state index is 0.00261. The Kier molecular flexibility index (Phi) is 6.08. The number of likely N-dealkylation sites (N-methyl/N-ethyl adjacent to an activating group) is 2. The van der Waals surface area contributed by atoms with Crippen molar-refractivity contribution in [2.45, 2.75) is 33.2 Å². The zero-order chi connectivity index (χ0) is 15.3. The first-order valence-electron chi connectivity index (χ1n) is 7.06. The second kappa shape index (κ2) is 7.14. The van der Waals surface area contributed by atoms with Crippen molar-refractivity contribution in [1.29, 1.82) is 0 Å². The highest BCUT2D eigenvalue weighted by Crippen LogP contribution is 2.24. The predicted molar refractivity (Wildman–Crippen MR) is 89.1 cm³/mol. The summed E-state index contributed by atoms with van der Waals surface area (Å²) in [5.74, 6) is 0.925. The average Bonchev–Trinajstić information content (AvgIpc) is 2.26. The number of anilines is 2. The van der Waals surface area contributed by atoms with E-state index in [0.29, 0.717) is 5.15 Å². The van der Waals surface area contributed by atoms with E-state index in [-0.39, 0.29) is 5.54 Å². The van der Waals surface area contributed by atoms with Crippen molar-refractivity contribution in [3.8, 4) is 0 Å². The van der Waals surface area contributed by atoms with Gasteiger partial charge in [-0.25, -0.2) is 4.98 Å². The molecule has 0 atom stereocenters. The van der Waals surface area contributed by atoms with Crippen LogP contribution in [0.25, 0.3) is 0 Å². The molecule has 1 heterocycles. The number of halogens is 1. The molecular formula is C15H27ClN4. The second-order valence-electron chi connectivity index (χ2n) is 6.29. The third kappa shape index (κ3) is 5.97. The normalized spacial score (nSPS) is 11.8. The summed E-state index contributed by atoms with van der Waals surface area (Å²) in [5.41, 5.74) is 1.01. The lowest BCUT2D eigenvalue weighted by atomic mass is 10.1. The summed E-state index contributed by atoms with van der Waals surface area (Å²) in [6, 6.07) is 3.94. The fraction of sp³-hybridized carbons (Fsp3) is 0.667. The van der Waals surface area contributed by atoms with Gasteiger partial charge >= 0.3 is 0 Å². The summed E-state index contributed by atoms with van der Waals surface area (Å²) in [7, 11) is 4.15. The molecule has 0 radical (unpaired) electrons. The summed E-state index contributed by atoms with van der Waals surface area (Å²) >= 11 is 6.15. The van der Waals surface area contributed by atoms with Crippen molar-refractivity contribution in [2.24, 2.45) is 0 Å². The van der Waals surface area contributed by atoms with Crippen LogP contribution in [0.4, 0.5) is 11.5 Å². The molecule has 1 aromatic heterocycles. The fourth-order valence-corrected chi connectivity index (χ4v) is 2.11. The minimum Gasteiger partial charge on any atom is -0.380 e. The van der Waals surface area contributed by atoms with E-state index < -0.39 is 0 Å². The molecule has 0 bridgehead atoms. The topological polar surface area (TPSA) is 31.4 Å². The molecule has 0 aliphatic heterocycles. The molecule has 1 rings (SSSR count). The Bertz CT molecular complexity index is 426. The van der Waals surface area contributed by atoms with E-state index in [4.69, 9.17) is 11.6 Å². The van der Waals surface area contributed by atoms with Gasteiger partial charge in [-0.2, -0.15) is 0 Å². The van der Waals surface area contributed by atoms with Gasteiger partial charge in [0.15, 0.2) is 0 Å². The Hall–Kier alpha value is -1.00. The molecule has 0 saturated carbocycles. The van der Waals surface area contributed by atoms with Crippen LogP contribution in [0.1, 0.15) is 27.7 Å². The van der Waals surface area contributed by atoms with E-state index in [2.05, 4.69) is 68.0 Å². The van der Waals surface area contributed by atoms with Crippen LogP contribution in [0.15, 0.2) is 12.1 Å². The van der Waals surface area contributed by atoms with E-state index in [9.17, 15) is 0 Å². The Balaban J connectivity index is 2.92. The largest absolute Gasteiger partial charge is 0.380 e. The van der Waals surface area contributed by atoms with Gasteiger partial charge in [-0.15, -0.1) is 0 Å². The number of aromatic nitrogens is 1. The Morgan fingerprint density at radius 2 is 1.85 bits per heavy atom. The average molecular weight is 299 g/mol. The zero-order valence-corrected chi connectivity index (χ0v) is 14.3. The summed E-state index contributed by atoms with van der Waals surface area (Å²) < 4.78 is 0. The van der Waals surface area contributed by atoms with E-state index in [1.165, 1.54) is 0 Å². The number of nitrogens with one attached hydrogen (secondary N) is 1. The van der Waals surface area contributed by atoms with Crippen LogP contribution in [-0.4, -0.2) is 49.2 Å².